The van der Waals surface area contributed by atoms with Crippen LogP contribution in [0, 0.1) is 0 Å². The summed E-state index contributed by atoms with van der Waals surface area (Å²) < 4.78 is 48.2. The van der Waals surface area contributed by atoms with Gasteiger partial charge >= 0.3 is 12.6 Å². The maximum atomic E-state index is 13.1. The Labute approximate surface area is 202 Å². The fourth-order valence-electron chi connectivity index (χ4n) is 3.21. The Balaban J connectivity index is 2.59. The molecule has 0 aliphatic heterocycles. The van der Waals surface area contributed by atoms with Crippen molar-refractivity contribution in [3.63, 3.8) is 0 Å². The van der Waals surface area contributed by atoms with Crippen molar-refractivity contribution in [1.82, 2.24) is 4.57 Å². The molecular weight excluding hydrogens is 472 g/mol. The molecule has 1 aromatic heterocycles. The molecule has 2 aromatic rings. The van der Waals surface area contributed by atoms with Gasteiger partial charge in [-0.05, 0) is 52.8 Å². The summed E-state index contributed by atoms with van der Waals surface area (Å²) in [5.41, 5.74) is -1.02. The van der Waals surface area contributed by atoms with Crippen molar-refractivity contribution in [2.45, 2.75) is 65.4 Å². The second-order valence-corrected chi connectivity index (χ2v) is 9.21. The second-order valence-electron chi connectivity index (χ2n) is 8.78. The molecular formula is C24H30ClF2NO6. The van der Waals surface area contributed by atoms with Crippen LogP contribution < -0.4 is 15.0 Å². The SMILES string of the molecule is COc1cn(C(CCOC(C)C)C(=O)OC(C)(C)C)c(=O)cc1-c1cc(Cl)ccc1OC(F)F. The Kier molecular flexibility index (Phi) is 9.46. The molecule has 1 aromatic carbocycles. The summed E-state index contributed by atoms with van der Waals surface area (Å²) in [5, 5.41) is 0.250. The van der Waals surface area contributed by atoms with Gasteiger partial charge in [-0.1, -0.05) is 11.6 Å². The second kappa shape index (κ2) is 11.7. The van der Waals surface area contributed by atoms with E-state index >= 15 is 0 Å². The lowest BCUT2D eigenvalue weighted by molar-refractivity contribution is -0.160. The van der Waals surface area contributed by atoms with E-state index < -0.39 is 29.8 Å². The number of halogens is 3. The van der Waals surface area contributed by atoms with Crippen LogP contribution in [0.4, 0.5) is 8.78 Å². The van der Waals surface area contributed by atoms with Crippen LogP contribution in [0.25, 0.3) is 11.1 Å². The Morgan fingerprint density at radius 2 is 1.76 bits per heavy atom. The zero-order chi connectivity index (χ0) is 25.6. The highest BCUT2D eigenvalue weighted by Crippen LogP contribution is 2.38. The molecule has 188 valence electrons. The van der Waals surface area contributed by atoms with Gasteiger partial charge in [0, 0.05) is 35.2 Å². The predicted octanol–water partition coefficient (Wildman–Crippen LogP) is 5.48. The normalized spacial score (nSPS) is 12.7. The molecule has 0 radical (unpaired) electrons. The van der Waals surface area contributed by atoms with Crippen LogP contribution in [-0.4, -0.2) is 42.6 Å². The number of esters is 1. The molecule has 10 heteroatoms. The number of aromatic nitrogens is 1. The number of ether oxygens (including phenoxy) is 4. The van der Waals surface area contributed by atoms with Crippen molar-refractivity contribution in [3.05, 3.63) is 45.8 Å². The highest BCUT2D eigenvalue weighted by Gasteiger charge is 2.29. The van der Waals surface area contributed by atoms with Gasteiger partial charge in [0.25, 0.3) is 5.56 Å². The van der Waals surface area contributed by atoms with Gasteiger partial charge in [0.15, 0.2) is 0 Å². The Morgan fingerprint density at radius 1 is 1.12 bits per heavy atom. The first kappa shape index (κ1) is 27.6. The summed E-state index contributed by atoms with van der Waals surface area (Å²) in [7, 11) is 1.36. The fourth-order valence-corrected chi connectivity index (χ4v) is 3.38. The molecule has 0 bridgehead atoms. The molecule has 0 aliphatic carbocycles. The minimum atomic E-state index is -3.08. The lowest BCUT2D eigenvalue weighted by Crippen LogP contribution is -2.35. The molecule has 7 nitrogen and oxygen atoms in total. The Morgan fingerprint density at radius 3 is 2.32 bits per heavy atom. The third-order valence-corrected chi connectivity index (χ3v) is 4.80. The number of benzene rings is 1. The van der Waals surface area contributed by atoms with Crippen LogP contribution in [0.15, 0.2) is 35.3 Å². The molecule has 0 saturated carbocycles. The highest BCUT2D eigenvalue weighted by atomic mass is 35.5. The van der Waals surface area contributed by atoms with Crippen LogP contribution in [0.1, 0.15) is 47.1 Å². The summed E-state index contributed by atoms with van der Waals surface area (Å²) in [6.07, 6.45) is 1.45. The first-order valence-corrected chi connectivity index (χ1v) is 11.1. The van der Waals surface area contributed by atoms with E-state index in [2.05, 4.69) is 4.74 Å². The van der Waals surface area contributed by atoms with E-state index in [0.29, 0.717) is 0 Å². The highest BCUT2D eigenvalue weighted by molar-refractivity contribution is 6.31. The lowest BCUT2D eigenvalue weighted by Gasteiger charge is -2.26. The number of hydrogen-bond acceptors (Lipinski definition) is 6. The zero-order valence-electron chi connectivity index (χ0n) is 20.1. The predicted molar refractivity (Wildman–Crippen MR) is 125 cm³/mol. The van der Waals surface area contributed by atoms with Crippen LogP contribution in [0.3, 0.4) is 0 Å². The fraction of sp³-hybridized carbons (Fsp3) is 0.500. The molecule has 34 heavy (non-hydrogen) atoms. The molecule has 0 amide bonds. The minimum absolute atomic E-state index is 0.0657. The molecule has 0 spiro atoms. The van der Waals surface area contributed by atoms with E-state index in [9.17, 15) is 18.4 Å². The number of carbonyl (C=O) groups is 1. The van der Waals surface area contributed by atoms with Crippen LogP contribution in [0.5, 0.6) is 11.5 Å². The minimum Gasteiger partial charge on any atom is -0.495 e. The Hall–Kier alpha value is -2.65. The summed E-state index contributed by atoms with van der Waals surface area (Å²) >= 11 is 6.06. The van der Waals surface area contributed by atoms with Gasteiger partial charge in [0.1, 0.15) is 23.1 Å². The number of nitrogens with zero attached hydrogens (tertiary/aromatic N) is 1. The average Bonchev–Trinajstić information content (AvgIpc) is 2.71. The quantitative estimate of drug-likeness (QED) is 0.401. The van der Waals surface area contributed by atoms with Gasteiger partial charge in [-0.15, -0.1) is 0 Å². The van der Waals surface area contributed by atoms with Gasteiger partial charge in [0.2, 0.25) is 0 Å². The molecule has 0 fully saturated rings. The number of pyridine rings is 1. The average molecular weight is 502 g/mol. The summed E-state index contributed by atoms with van der Waals surface area (Å²) in [6, 6.07) is 4.25. The third-order valence-electron chi connectivity index (χ3n) is 4.57. The summed E-state index contributed by atoms with van der Waals surface area (Å²) in [5.74, 6) is -0.635. The number of rotatable bonds is 10. The summed E-state index contributed by atoms with van der Waals surface area (Å²) in [4.78, 5) is 26.1. The van der Waals surface area contributed by atoms with Gasteiger partial charge < -0.3 is 18.9 Å². The van der Waals surface area contributed by atoms with Crippen LogP contribution >= 0.6 is 11.6 Å². The standard InChI is InChI=1S/C24H30ClF2NO6/c1-14(2)32-10-9-18(22(30)34-24(3,4)5)28-13-20(31-6)17(12-21(28)29)16-11-15(25)7-8-19(16)33-23(26)27/h7-8,11-14,18,23H,9-10H2,1-6H3. The van der Waals surface area contributed by atoms with Crippen molar-refractivity contribution in [2.24, 2.45) is 0 Å². The number of methoxy groups -OCH3 is 1. The third kappa shape index (κ3) is 7.70. The number of carbonyl (C=O) groups excluding carboxylic acids is 1. The van der Waals surface area contributed by atoms with Gasteiger partial charge in [-0.3, -0.25) is 9.36 Å². The molecule has 0 saturated heterocycles. The van der Waals surface area contributed by atoms with Crippen molar-refractivity contribution >= 4 is 17.6 Å². The number of alkyl halides is 2. The maximum Gasteiger partial charge on any atom is 0.387 e. The molecule has 1 unspecified atom stereocenters. The van der Waals surface area contributed by atoms with Crippen molar-refractivity contribution in [2.75, 3.05) is 13.7 Å². The molecule has 2 rings (SSSR count). The zero-order valence-corrected chi connectivity index (χ0v) is 20.8. The van der Waals surface area contributed by atoms with Gasteiger partial charge in [-0.2, -0.15) is 8.78 Å². The van der Waals surface area contributed by atoms with Crippen LogP contribution in [0.2, 0.25) is 5.02 Å². The maximum absolute atomic E-state index is 13.1. The lowest BCUT2D eigenvalue weighted by atomic mass is 10.0. The van der Waals surface area contributed by atoms with Gasteiger partial charge in [-0.25, -0.2) is 4.79 Å². The smallest absolute Gasteiger partial charge is 0.387 e. The van der Waals surface area contributed by atoms with E-state index in [1.165, 1.54) is 42.1 Å². The molecule has 1 heterocycles. The van der Waals surface area contributed by atoms with E-state index in [0.717, 1.165) is 0 Å². The molecule has 1 atom stereocenters. The van der Waals surface area contributed by atoms with E-state index in [-0.39, 0.29) is 46.8 Å². The van der Waals surface area contributed by atoms with E-state index in [4.69, 9.17) is 25.8 Å². The monoisotopic (exact) mass is 501 g/mol. The number of hydrogen-bond donors (Lipinski definition) is 0. The topological polar surface area (TPSA) is 76.0 Å². The summed E-state index contributed by atoms with van der Waals surface area (Å²) in [6.45, 7) is 6.02. The Bertz CT molecular complexity index is 1050. The molecule has 0 N–H and O–H groups in total. The molecule has 0 aliphatic rings. The van der Waals surface area contributed by atoms with Crippen molar-refractivity contribution in [3.8, 4) is 22.6 Å². The van der Waals surface area contributed by atoms with E-state index in [1.54, 1.807) is 20.8 Å². The van der Waals surface area contributed by atoms with Crippen molar-refractivity contribution < 1.29 is 32.5 Å². The first-order valence-electron chi connectivity index (χ1n) is 10.7. The largest absolute Gasteiger partial charge is 0.495 e. The first-order chi connectivity index (χ1) is 15.8. The van der Waals surface area contributed by atoms with Gasteiger partial charge in [0.05, 0.1) is 19.4 Å². The van der Waals surface area contributed by atoms with Crippen molar-refractivity contribution in [1.29, 1.82) is 0 Å². The van der Waals surface area contributed by atoms with E-state index in [1.807, 2.05) is 13.8 Å². The van der Waals surface area contributed by atoms with Crippen LogP contribution in [-0.2, 0) is 14.3 Å².